The van der Waals surface area contributed by atoms with E-state index in [9.17, 15) is 27.9 Å². The Bertz CT molecular complexity index is 1840. The van der Waals surface area contributed by atoms with E-state index in [1.54, 1.807) is 54.6 Å². The molecular weight excluding hydrogens is 585 g/mol. The fraction of sp³-hybridized carbons (Fsp3) is 0.233. The molecule has 0 radical (unpaired) electrons. The molecule has 1 aromatic heterocycles. The van der Waals surface area contributed by atoms with Crippen LogP contribution in [0.25, 0.3) is 11.1 Å². The molecule has 0 spiro atoms. The van der Waals surface area contributed by atoms with Crippen LogP contribution in [0.15, 0.2) is 93.5 Å². The summed E-state index contributed by atoms with van der Waals surface area (Å²) in [6, 6.07) is 17.7. The predicted octanol–water partition coefficient (Wildman–Crippen LogP) is 5.05. The van der Waals surface area contributed by atoms with Crippen LogP contribution in [0, 0.1) is 5.82 Å². The number of rotatable bonds is 10. The fourth-order valence-corrected chi connectivity index (χ4v) is 6.03. The Morgan fingerprint density at radius 2 is 1.67 bits per heavy atom. The van der Waals surface area contributed by atoms with Gasteiger partial charge in [-0.25, -0.2) is 22.4 Å². The average molecular weight is 614 g/mol. The Kier molecular flexibility index (Phi) is 9.33. The number of carbonyl (C=O) groups is 1. The molecule has 4 rings (SSSR count). The Labute approximate surface area is 247 Å². The molecule has 0 saturated carbocycles. The summed E-state index contributed by atoms with van der Waals surface area (Å²) >= 11 is 6.42. The zero-order chi connectivity index (χ0) is 30.6. The highest BCUT2D eigenvalue weighted by Crippen LogP contribution is 2.27. The molecular formula is C30H29ClFN3O6S. The van der Waals surface area contributed by atoms with Crippen molar-refractivity contribution in [1.29, 1.82) is 0 Å². The largest absolute Gasteiger partial charge is 0.465 e. The number of aromatic nitrogens is 2. The van der Waals surface area contributed by atoms with Crippen molar-refractivity contribution in [2.24, 2.45) is 0 Å². The monoisotopic (exact) mass is 613 g/mol. The second-order valence-electron chi connectivity index (χ2n) is 9.74. The topological polar surface area (TPSA) is 119 Å². The first-order valence-electron chi connectivity index (χ1n) is 13.0. The van der Waals surface area contributed by atoms with Crippen LogP contribution >= 0.6 is 11.6 Å². The maximum Gasteiger partial charge on any atom is 0.407 e. The van der Waals surface area contributed by atoms with Crippen molar-refractivity contribution in [2.75, 3.05) is 12.8 Å². The van der Waals surface area contributed by atoms with Gasteiger partial charge in [-0.3, -0.25) is 18.8 Å². The van der Waals surface area contributed by atoms with Crippen LogP contribution in [-0.4, -0.2) is 46.5 Å². The molecule has 1 amide bonds. The van der Waals surface area contributed by atoms with Gasteiger partial charge in [-0.2, -0.15) is 0 Å². The van der Waals surface area contributed by atoms with E-state index >= 15 is 4.39 Å². The van der Waals surface area contributed by atoms with Crippen LogP contribution < -0.4 is 11.2 Å². The maximum atomic E-state index is 15.0. The van der Waals surface area contributed by atoms with Gasteiger partial charge in [0.25, 0.3) is 5.56 Å². The van der Waals surface area contributed by atoms with Crippen LogP contribution in [0.1, 0.15) is 30.5 Å². The smallest absolute Gasteiger partial charge is 0.407 e. The number of benzene rings is 3. The lowest BCUT2D eigenvalue weighted by molar-refractivity contribution is 0.117. The minimum Gasteiger partial charge on any atom is -0.465 e. The summed E-state index contributed by atoms with van der Waals surface area (Å²) in [7, 11) is -3.88. The van der Waals surface area contributed by atoms with E-state index in [1.807, 2.05) is 6.92 Å². The molecule has 0 bridgehead atoms. The third-order valence-corrected chi connectivity index (χ3v) is 8.34. The summed E-state index contributed by atoms with van der Waals surface area (Å²) in [5.41, 5.74) is -1.01. The first-order chi connectivity index (χ1) is 19.9. The molecule has 0 aliphatic rings. The summed E-state index contributed by atoms with van der Waals surface area (Å²) in [5.74, 6) is -0.843. The van der Waals surface area contributed by atoms with Gasteiger partial charge in [0.1, 0.15) is 5.82 Å². The lowest BCUT2D eigenvalue weighted by atomic mass is 10.0. The summed E-state index contributed by atoms with van der Waals surface area (Å²) in [4.78, 5) is 41.0. The highest BCUT2D eigenvalue weighted by Gasteiger charge is 2.28. The van der Waals surface area contributed by atoms with E-state index in [-0.39, 0.29) is 34.1 Å². The lowest BCUT2D eigenvalue weighted by Crippen LogP contribution is -2.45. The summed E-state index contributed by atoms with van der Waals surface area (Å²) in [5, 5.41) is 10.3. The van der Waals surface area contributed by atoms with Crippen molar-refractivity contribution >= 4 is 27.5 Å². The Morgan fingerprint density at radius 3 is 2.29 bits per heavy atom. The molecule has 0 unspecified atom stereocenters. The molecule has 0 aliphatic heterocycles. The molecule has 3 aromatic carbocycles. The molecule has 0 saturated heterocycles. The number of hydrogen-bond acceptors (Lipinski definition) is 5. The zero-order valence-corrected chi connectivity index (χ0v) is 24.5. The van der Waals surface area contributed by atoms with E-state index in [1.165, 1.54) is 18.3 Å². The van der Waals surface area contributed by atoms with Gasteiger partial charge in [-0.15, -0.1) is 0 Å². The average Bonchev–Trinajstić information content (AvgIpc) is 2.95. The van der Waals surface area contributed by atoms with Crippen molar-refractivity contribution < 1.29 is 22.7 Å². The summed E-state index contributed by atoms with van der Waals surface area (Å²) < 4.78 is 41.9. The second-order valence-corrected chi connectivity index (χ2v) is 12.1. The van der Waals surface area contributed by atoms with Gasteiger partial charge in [0.2, 0.25) is 0 Å². The molecule has 42 heavy (non-hydrogen) atoms. The van der Waals surface area contributed by atoms with Gasteiger partial charge in [-0.1, -0.05) is 73.1 Å². The molecule has 9 nitrogen and oxygen atoms in total. The number of halogens is 2. The fourth-order valence-electron chi connectivity index (χ4n) is 4.86. The third-order valence-electron chi connectivity index (χ3n) is 6.83. The van der Waals surface area contributed by atoms with Gasteiger partial charge in [-0.05, 0) is 30.2 Å². The summed E-state index contributed by atoms with van der Waals surface area (Å²) in [6.45, 7) is 1.07. The summed E-state index contributed by atoms with van der Waals surface area (Å²) in [6.07, 6.45) is 1.41. The molecule has 4 aromatic rings. The number of hydrogen-bond donors (Lipinski definition) is 1. The molecule has 1 N–H and O–H groups in total. The molecule has 1 atom stereocenters. The first kappa shape index (κ1) is 30.7. The van der Waals surface area contributed by atoms with Crippen molar-refractivity contribution in [2.45, 2.75) is 37.4 Å². The van der Waals surface area contributed by atoms with Gasteiger partial charge < -0.3 is 5.11 Å². The van der Waals surface area contributed by atoms with Gasteiger partial charge in [0.15, 0.2) is 9.84 Å². The quantitative estimate of drug-likeness (QED) is 0.267. The van der Waals surface area contributed by atoms with Crippen molar-refractivity contribution in [3.63, 3.8) is 0 Å². The van der Waals surface area contributed by atoms with Crippen molar-refractivity contribution in [1.82, 2.24) is 14.0 Å². The normalized spacial score (nSPS) is 12.2. The Balaban J connectivity index is 1.99. The van der Waals surface area contributed by atoms with Gasteiger partial charge in [0.05, 0.1) is 29.6 Å². The predicted molar refractivity (Wildman–Crippen MR) is 158 cm³/mol. The van der Waals surface area contributed by atoms with Gasteiger partial charge in [0, 0.05) is 35.1 Å². The van der Waals surface area contributed by atoms with Crippen LogP contribution in [0.3, 0.4) is 0 Å². The van der Waals surface area contributed by atoms with Crippen LogP contribution in [0.5, 0.6) is 0 Å². The van der Waals surface area contributed by atoms with Gasteiger partial charge >= 0.3 is 11.8 Å². The SMILES string of the molecule is CCCN(C(=O)O)[C@H](Cn1c(=O)c(-c2ccccc2Cl)cn(Cc2c(F)cccc2S(C)(=O)=O)c1=O)c1ccccc1. The van der Waals surface area contributed by atoms with Crippen molar-refractivity contribution in [3.05, 3.63) is 122 Å². The van der Waals surface area contributed by atoms with Crippen LogP contribution in [0.4, 0.5) is 9.18 Å². The van der Waals surface area contributed by atoms with E-state index < -0.39 is 45.6 Å². The molecule has 0 aliphatic carbocycles. The van der Waals surface area contributed by atoms with Crippen molar-refractivity contribution in [3.8, 4) is 11.1 Å². The van der Waals surface area contributed by atoms with E-state index in [4.69, 9.17) is 11.6 Å². The zero-order valence-electron chi connectivity index (χ0n) is 22.9. The highest BCUT2D eigenvalue weighted by atomic mass is 35.5. The molecule has 0 fully saturated rings. The lowest BCUT2D eigenvalue weighted by Gasteiger charge is -2.30. The number of sulfone groups is 1. The van der Waals surface area contributed by atoms with E-state index in [0.717, 1.165) is 26.4 Å². The van der Waals surface area contributed by atoms with E-state index in [2.05, 4.69) is 0 Å². The Hall–Kier alpha value is -4.22. The molecule has 12 heteroatoms. The van der Waals surface area contributed by atoms with Crippen LogP contribution in [0.2, 0.25) is 5.02 Å². The maximum absolute atomic E-state index is 15.0. The minimum absolute atomic E-state index is 0.00150. The number of carboxylic acid groups (broad SMARTS) is 1. The molecule has 220 valence electrons. The van der Waals surface area contributed by atoms with Crippen LogP contribution in [-0.2, 0) is 22.9 Å². The Morgan fingerprint density at radius 1 is 1.00 bits per heavy atom. The minimum atomic E-state index is -3.88. The second kappa shape index (κ2) is 12.7. The number of amides is 1. The standard InChI is InChI=1S/C30H29ClFN3O6S/c1-3-16-34(30(38)39)26(20-10-5-4-6-11-20)19-35-28(36)22(21-12-7-8-13-24(21)31)17-33(29(35)37)18-23-25(32)14-9-15-27(23)42(2,40)41/h4-15,17,26H,3,16,18-19H2,1-2H3,(H,38,39)/t26-/m1/s1. The highest BCUT2D eigenvalue weighted by molar-refractivity contribution is 7.90. The number of nitrogens with zero attached hydrogens (tertiary/aromatic N) is 3. The molecule has 1 heterocycles. The van der Waals surface area contributed by atoms with E-state index in [0.29, 0.717) is 17.5 Å². The first-order valence-corrected chi connectivity index (χ1v) is 15.3. The third kappa shape index (κ3) is 6.47.